The molecule has 1 N–H and O–H groups in total. The van der Waals surface area contributed by atoms with E-state index in [1.165, 1.54) is 0 Å². The average Bonchev–Trinajstić information content (AvgIpc) is 2.35. The van der Waals surface area contributed by atoms with Crippen molar-refractivity contribution >= 4 is 5.69 Å². The number of rotatable bonds is 4. The smallest absolute Gasteiger partial charge is 0.311 e. The van der Waals surface area contributed by atoms with Crippen LogP contribution in [0.2, 0.25) is 0 Å². The molecule has 1 aromatic rings. The van der Waals surface area contributed by atoms with Crippen LogP contribution in [0.5, 0.6) is 5.75 Å². The van der Waals surface area contributed by atoms with E-state index in [0.717, 1.165) is 12.0 Å². The molecule has 5 heteroatoms. The molecule has 0 radical (unpaired) electrons. The van der Waals surface area contributed by atoms with Crippen molar-refractivity contribution in [1.29, 1.82) is 0 Å². The first-order chi connectivity index (χ1) is 8.86. The maximum Gasteiger partial charge on any atom is 0.311 e. The topological polar surface area (TPSA) is 64.4 Å². The highest BCUT2D eigenvalue weighted by atomic mass is 16.6. The van der Waals surface area contributed by atoms with Gasteiger partial charge in [-0.05, 0) is 25.6 Å². The number of benzene rings is 1. The molecule has 2 atom stereocenters. The summed E-state index contributed by atoms with van der Waals surface area (Å²) in [6.45, 7) is 6.06. The van der Waals surface area contributed by atoms with Crippen LogP contribution in [0.15, 0.2) is 18.2 Å². The van der Waals surface area contributed by atoms with Crippen molar-refractivity contribution in [1.82, 2.24) is 5.32 Å². The zero-order chi connectivity index (χ0) is 14.2. The van der Waals surface area contributed by atoms with E-state index in [4.69, 9.17) is 4.74 Å². The predicted octanol–water partition coefficient (Wildman–Crippen LogP) is 2.67. The van der Waals surface area contributed by atoms with Crippen LogP contribution in [0.3, 0.4) is 0 Å². The third kappa shape index (κ3) is 2.42. The van der Waals surface area contributed by atoms with Crippen LogP contribution in [0.1, 0.15) is 25.8 Å². The summed E-state index contributed by atoms with van der Waals surface area (Å²) in [7, 11) is 1.93. The maximum atomic E-state index is 11.1. The number of hydrogen-bond donors (Lipinski definition) is 1. The summed E-state index contributed by atoms with van der Waals surface area (Å²) < 4.78 is 5.86. The van der Waals surface area contributed by atoms with Gasteiger partial charge in [-0.1, -0.05) is 19.9 Å². The molecule has 0 heterocycles. The number of aryl methyl sites for hydroxylation is 1. The predicted molar refractivity (Wildman–Crippen MR) is 73.5 cm³/mol. The fourth-order valence-electron chi connectivity index (χ4n) is 2.60. The monoisotopic (exact) mass is 264 g/mol. The SMILES string of the molecule is CNC1CC(Oc2ccc(C)cc2[N+](=O)[O-])C1(C)C. The third-order valence-corrected chi connectivity index (χ3v) is 4.11. The Morgan fingerprint density at radius 2 is 2.16 bits per heavy atom. The van der Waals surface area contributed by atoms with Gasteiger partial charge < -0.3 is 10.1 Å². The average molecular weight is 264 g/mol. The third-order valence-electron chi connectivity index (χ3n) is 4.11. The summed E-state index contributed by atoms with van der Waals surface area (Å²) in [6, 6.07) is 5.47. The summed E-state index contributed by atoms with van der Waals surface area (Å²) in [4.78, 5) is 10.7. The Morgan fingerprint density at radius 1 is 1.47 bits per heavy atom. The van der Waals surface area contributed by atoms with E-state index in [2.05, 4.69) is 19.2 Å². The molecule has 0 amide bonds. The summed E-state index contributed by atoms with van der Waals surface area (Å²) in [5.41, 5.74) is 0.886. The zero-order valence-electron chi connectivity index (χ0n) is 11.8. The Bertz CT molecular complexity index is 499. The molecule has 5 nitrogen and oxygen atoms in total. The molecule has 104 valence electrons. The molecule has 0 bridgehead atoms. The number of nitro benzene ring substituents is 1. The highest BCUT2D eigenvalue weighted by Crippen LogP contribution is 2.44. The van der Waals surface area contributed by atoms with Gasteiger partial charge in [0, 0.05) is 23.9 Å². The summed E-state index contributed by atoms with van der Waals surface area (Å²) >= 11 is 0. The largest absolute Gasteiger partial charge is 0.483 e. The molecule has 2 rings (SSSR count). The second kappa shape index (κ2) is 4.81. The fraction of sp³-hybridized carbons (Fsp3) is 0.571. The summed E-state index contributed by atoms with van der Waals surface area (Å²) in [6.07, 6.45) is 0.875. The van der Waals surface area contributed by atoms with Crippen molar-refractivity contribution in [2.24, 2.45) is 5.41 Å². The molecule has 19 heavy (non-hydrogen) atoms. The molecule has 0 saturated heterocycles. The van der Waals surface area contributed by atoms with Crippen molar-refractivity contribution in [2.75, 3.05) is 7.05 Å². The lowest BCUT2D eigenvalue weighted by atomic mass is 9.64. The maximum absolute atomic E-state index is 11.1. The molecule has 0 aromatic heterocycles. The second-order valence-electron chi connectivity index (χ2n) is 5.73. The van der Waals surface area contributed by atoms with E-state index in [1.54, 1.807) is 12.1 Å². The first kappa shape index (κ1) is 13.8. The van der Waals surface area contributed by atoms with E-state index < -0.39 is 0 Å². The van der Waals surface area contributed by atoms with E-state index in [-0.39, 0.29) is 22.1 Å². The Balaban J connectivity index is 2.19. The number of ether oxygens (including phenoxy) is 1. The second-order valence-corrected chi connectivity index (χ2v) is 5.73. The van der Waals surface area contributed by atoms with E-state index in [9.17, 15) is 10.1 Å². The van der Waals surface area contributed by atoms with Crippen LogP contribution in [0, 0.1) is 22.5 Å². The van der Waals surface area contributed by atoms with Gasteiger partial charge in [0.25, 0.3) is 0 Å². The van der Waals surface area contributed by atoms with Gasteiger partial charge in [-0.25, -0.2) is 0 Å². The van der Waals surface area contributed by atoms with Crippen LogP contribution < -0.4 is 10.1 Å². The first-order valence-electron chi connectivity index (χ1n) is 6.45. The molecule has 1 saturated carbocycles. The normalized spacial score (nSPS) is 24.6. The highest BCUT2D eigenvalue weighted by Gasteiger charge is 2.49. The summed E-state index contributed by atoms with van der Waals surface area (Å²) in [5.74, 6) is 0.364. The molecule has 1 aromatic carbocycles. The standard InChI is InChI=1S/C14H20N2O3/c1-9-5-6-11(10(7-9)16(17)18)19-13-8-12(15-4)14(13,2)3/h5-7,12-13,15H,8H2,1-4H3. The fourth-order valence-corrected chi connectivity index (χ4v) is 2.60. The van der Waals surface area contributed by atoms with Gasteiger partial charge in [-0.2, -0.15) is 0 Å². The van der Waals surface area contributed by atoms with Crippen LogP contribution in [0.4, 0.5) is 5.69 Å². The molecule has 1 aliphatic rings. The summed E-state index contributed by atoms with van der Waals surface area (Å²) in [5, 5.41) is 14.3. The number of nitrogens with one attached hydrogen (secondary N) is 1. The molecular weight excluding hydrogens is 244 g/mol. The molecule has 2 unspecified atom stereocenters. The lowest BCUT2D eigenvalue weighted by molar-refractivity contribution is -0.386. The molecule has 0 spiro atoms. The number of nitrogens with zero attached hydrogens (tertiary/aromatic N) is 1. The van der Waals surface area contributed by atoms with Crippen LogP contribution in [-0.2, 0) is 0 Å². The Labute approximate surface area is 113 Å². The van der Waals surface area contributed by atoms with E-state index >= 15 is 0 Å². The zero-order valence-corrected chi connectivity index (χ0v) is 11.8. The van der Waals surface area contributed by atoms with Gasteiger partial charge >= 0.3 is 5.69 Å². The van der Waals surface area contributed by atoms with Crippen LogP contribution in [-0.4, -0.2) is 24.1 Å². The van der Waals surface area contributed by atoms with Gasteiger partial charge in [0.15, 0.2) is 5.75 Å². The van der Waals surface area contributed by atoms with Gasteiger partial charge in [0.05, 0.1) is 4.92 Å². The van der Waals surface area contributed by atoms with Crippen molar-refractivity contribution in [3.05, 3.63) is 33.9 Å². The van der Waals surface area contributed by atoms with Gasteiger partial charge in [0.1, 0.15) is 6.10 Å². The lowest BCUT2D eigenvalue weighted by Crippen LogP contribution is -2.61. The lowest BCUT2D eigenvalue weighted by Gasteiger charge is -2.51. The van der Waals surface area contributed by atoms with Crippen LogP contribution >= 0.6 is 0 Å². The van der Waals surface area contributed by atoms with E-state index in [1.807, 2.05) is 20.0 Å². The van der Waals surface area contributed by atoms with E-state index in [0.29, 0.717) is 11.8 Å². The quantitative estimate of drug-likeness (QED) is 0.670. The minimum absolute atomic E-state index is 0.00589. The Kier molecular flexibility index (Phi) is 3.49. The first-order valence-corrected chi connectivity index (χ1v) is 6.45. The van der Waals surface area contributed by atoms with Crippen molar-refractivity contribution in [3.8, 4) is 5.75 Å². The Hall–Kier alpha value is -1.62. The number of nitro groups is 1. The van der Waals surface area contributed by atoms with Crippen LogP contribution in [0.25, 0.3) is 0 Å². The Morgan fingerprint density at radius 3 is 2.68 bits per heavy atom. The van der Waals surface area contributed by atoms with Gasteiger partial charge in [0.2, 0.25) is 0 Å². The van der Waals surface area contributed by atoms with Gasteiger partial charge in [-0.15, -0.1) is 0 Å². The molecule has 0 aliphatic heterocycles. The van der Waals surface area contributed by atoms with Crippen molar-refractivity contribution in [2.45, 2.75) is 39.3 Å². The van der Waals surface area contributed by atoms with Gasteiger partial charge in [-0.3, -0.25) is 10.1 Å². The van der Waals surface area contributed by atoms with Crippen molar-refractivity contribution < 1.29 is 9.66 Å². The minimum Gasteiger partial charge on any atom is -0.483 e. The minimum atomic E-state index is -0.385. The molecular formula is C14H20N2O3. The molecule has 1 fully saturated rings. The molecule has 1 aliphatic carbocycles. The number of hydrogen-bond acceptors (Lipinski definition) is 4. The van der Waals surface area contributed by atoms with Crippen molar-refractivity contribution in [3.63, 3.8) is 0 Å². The highest BCUT2D eigenvalue weighted by molar-refractivity contribution is 5.48.